The molecule has 0 aliphatic carbocycles. The number of aliphatic hydroxyl groups excluding tert-OH is 1. The average Bonchev–Trinajstić information content (AvgIpc) is 3.25. The van der Waals surface area contributed by atoms with Gasteiger partial charge in [-0.05, 0) is 30.5 Å². The van der Waals surface area contributed by atoms with E-state index in [4.69, 9.17) is 9.84 Å². The van der Waals surface area contributed by atoms with Gasteiger partial charge >= 0.3 is 0 Å². The van der Waals surface area contributed by atoms with Gasteiger partial charge in [-0.25, -0.2) is 9.67 Å². The van der Waals surface area contributed by atoms with Gasteiger partial charge in [0.05, 0.1) is 16.4 Å². The molecule has 2 N–H and O–H groups in total. The van der Waals surface area contributed by atoms with Crippen molar-refractivity contribution in [3.8, 4) is 5.75 Å². The molecule has 0 aliphatic heterocycles. The Morgan fingerprint density at radius 3 is 3.00 bits per heavy atom. The van der Waals surface area contributed by atoms with Crippen molar-refractivity contribution in [1.82, 2.24) is 25.3 Å². The first kappa shape index (κ1) is 20.6. The molecule has 0 aliphatic rings. The topological polar surface area (TPSA) is 102 Å². The van der Waals surface area contributed by atoms with Crippen molar-refractivity contribution in [2.45, 2.75) is 37.3 Å². The number of amides is 1. The van der Waals surface area contributed by atoms with Crippen LogP contribution in [0.2, 0.25) is 0 Å². The van der Waals surface area contributed by atoms with Crippen LogP contribution in [0.15, 0.2) is 28.7 Å². The summed E-state index contributed by atoms with van der Waals surface area (Å²) in [7, 11) is 0. The molecule has 3 rings (SSSR count). The molecule has 8 nitrogen and oxygen atoms in total. The molecule has 3 aromatic rings. The van der Waals surface area contributed by atoms with Crippen molar-refractivity contribution < 1.29 is 14.6 Å². The van der Waals surface area contributed by atoms with Gasteiger partial charge in [-0.1, -0.05) is 19.1 Å². The molecule has 1 atom stereocenters. The Morgan fingerprint density at radius 1 is 1.43 bits per heavy atom. The minimum atomic E-state index is -0.470. The number of aromatic nitrogens is 4. The smallest absolute Gasteiger partial charge is 0.245 e. The predicted molar refractivity (Wildman–Crippen MR) is 110 cm³/mol. The van der Waals surface area contributed by atoms with Crippen LogP contribution in [0, 0.1) is 5.92 Å². The SMILES string of the molecule is CC(C)[C@@H](C(=O)NCCCO)n1cc(COc2ccc3nc(S)sc3c2)nn1. The summed E-state index contributed by atoms with van der Waals surface area (Å²) in [6.07, 6.45) is 2.25. The zero-order chi connectivity index (χ0) is 20.1. The normalized spacial score (nSPS) is 12.5. The third kappa shape index (κ3) is 5.00. The quantitative estimate of drug-likeness (QED) is 0.362. The van der Waals surface area contributed by atoms with Crippen LogP contribution in [0.4, 0.5) is 0 Å². The molecule has 0 unspecified atom stereocenters. The number of hydrogen-bond donors (Lipinski definition) is 3. The predicted octanol–water partition coefficient (Wildman–Crippen LogP) is 2.45. The number of nitrogens with zero attached hydrogens (tertiary/aromatic N) is 4. The van der Waals surface area contributed by atoms with Crippen molar-refractivity contribution in [2.75, 3.05) is 13.2 Å². The zero-order valence-corrected chi connectivity index (χ0v) is 17.4. The van der Waals surface area contributed by atoms with Crippen molar-refractivity contribution in [2.24, 2.45) is 5.92 Å². The number of carbonyl (C=O) groups excluding carboxylic acids is 1. The number of thiol groups is 1. The van der Waals surface area contributed by atoms with E-state index in [9.17, 15) is 4.79 Å². The highest BCUT2D eigenvalue weighted by molar-refractivity contribution is 7.82. The Labute approximate surface area is 172 Å². The van der Waals surface area contributed by atoms with Crippen LogP contribution in [-0.2, 0) is 11.4 Å². The molecule has 28 heavy (non-hydrogen) atoms. The van der Waals surface area contributed by atoms with Gasteiger partial charge in [0, 0.05) is 13.2 Å². The van der Waals surface area contributed by atoms with Gasteiger partial charge in [0.1, 0.15) is 28.4 Å². The van der Waals surface area contributed by atoms with Gasteiger partial charge in [0.15, 0.2) is 0 Å². The van der Waals surface area contributed by atoms with Crippen molar-refractivity contribution in [3.05, 3.63) is 30.1 Å². The Balaban J connectivity index is 1.64. The fraction of sp³-hybridized carbons (Fsp3) is 0.444. The highest BCUT2D eigenvalue weighted by Gasteiger charge is 2.25. The first-order valence-electron chi connectivity index (χ1n) is 8.99. The summed E-state index contributed by atoms with van der Waals surface area (Å²) in [6, 6.07) is 5.19. The number of ether oxygens (including phenoxy) is 1. The van der Waals surface area contributed by atoms with Gasteiger partial charge in [-0.3, -0.25) is 4.79 Å². The minimum absolute atomic E-state index is 0.0359. The molecule has 2 heterocycles. The molecule has 0 saturated carbocycles. The Morgan fingerprint density at radius 2 is 2.25 bits per heavy atom. The summed E-state index contributed by atoms with van der Waals surface area (Å²) in [4.78, 5) is 16.8. The van der Waals surface area contributed by atoms with Crippen molar-refractivity contribution in [3.63, 3.8) is 0 Å². The molecule has 0 bridgehead atoms. The van der Waals surface area contributed by atoms with E-state index in [0.717, 1.165) is 10.2 Å². The molecule has 150 valence electrons. The molecule has 0 radical (unpaired) electrons. The van der Waals surface area contributed by atoms with Crippen LogP contribution in [0.25, 0.3) is 10.2 Å². The molecular weight excluding hydrogens is 398 g/mol. The summed E-state index contributed by atoms with van der Waals surface area (Å²) in [5.41, 5.74) is 1.52. The third-order valence-corrected chi connectivity index (χ3v) is 5.31. The van der Waals surface area contributed by atoms with Crippen LogP contribution < -0.4 is 10.1 Å². The summed E-state index contributed by atoms with van der Waals surface area (Å²) in [5.74, 6) is 0.606. The Bertz CT molecular complexity index is 940. The van der Waals surface area contributed by atoms with Crippen molar-refractivity contribution >= 4 is 40.1 Å². The second kappa shape index (κ2) is 9.35. The lowest BCUT2D eigenvalue weighted by molar-refractivity contribution is -0.125. The molecule has 10 heteroatoms. The van der Waals surface area contributed by atoms with Gasteiger partial charge in [-0.15, -0.1) is 29.1 Å². The fourth-order valence-electron chi connectivity index (χ4n) is 2.78. The standard InChI is InChI=1S/C18H23N5O3S2/c1-11(2)16(17(25)19-6-3-7-24)23-9-12(21-22-23)10-26-13-4-5-14-15(8-13)28-18(27)20-14/h4-5,8-9,11,16,24H,3,6-7,10H2,1-2H3,(H,19,25)(H,20,27)/t16-/m0/s1. The summed E-state index contributed by atoms with van der Waals surface area (Å²) < 4.78 is 9.10. The van der Waals surface area contributed by atoms with Crippen LogP contribution in [0.5, 0.6) is 5.75 Å². The van der Waals surface area contributed by atoms with E-state index < -0.39 is 6.04 Å². The number of hydrogen-bond acceptors (Lipinski definition) is 8. The number of thiazole rings is 1. The van der Waals surface area contributed by atoms with Gasteiger partial charge in [-0.2, -0.15) is 0 Å². The molecular formula is C18H23N5O3S2. The fourth-order valence-corrected chi connectivity index (χ4v) is 3.92. The van der Waals surface area contributed by atoms with Crippen LogP contribution in [0.1, 0.15) is 32.0 Å². The molecule has 2 aromatic heterocycles. The minimum Gasteiger partial charge on any atom is -0.487 e. The van der Waals surface area contributed by atoms with Crippen LogP contribution in [-0.4, -0.2) is 44.1 Å². The number of carbonyl (C=O) groups is 1. The second-order valence-electron chi connectivity index (χ2n) is 6.66. The monoisotopic (exact) mass is 421 g/mol. The molecule has 1 amide bonds. The van der Waals surface area contributed by atoms with Crippen molar-refractivity contribution in [1.29, 1.82) is 0 Å². The third-order valence-electron chi connectivity index (χ3n) is 4.11. The van der Waals surface area contributed by atoms with E-state index in [-0.39, 0.29) is 25.0 Å². The molecule has 0 spiro atoms. The first-order valence-corrected chi connectivity index (χ1v) is 10.3. The van der Waals surface area contributed by atoms with Crippen LogP contribution in [0.3, 0.4) is 0 Å². The highest BCUT2D eigenvalue weighted by Crippen LogP contribution is 2.28. The zero-order valence-electron chi connectivity index (χ0n) is 15.7. The number of benzene rings is 1. The number of rotatable bonds is 9. The van der Waals surface area contributed by atoms with E-state index in [1.165, 1.54) is 11.3 Å². The van der Waals surface area contributed by atoms with Crippen LogP contribution >= 0.6 is 24.0 Å². The maximum atomic E-state index is 12.5. The average molecular weight is 422 g/mol. The molecule has 1 aromatic carbocycles. The van der Waals surface area contributed by atoms with E-state index >= 15 is 0 Å². The highest BCUT2D eigenvalue weighted by atomic mass is 32.2. The number of fused-ring (bicyclic) bond motifs is 1. The Hall–Kier alpha value is -2.17. The number of aliphatic hydroxyl groups is 1. The lowest BCUT2D eigenvalue weighted by Crippen LogP contribution is -2.36. The van der Waals surface area contributed by atoms with E-state index in [1.54, 1.807) is 10.9 Å². The van der Waals surface area contributed by atoms with E-state index in [2.05, 4.69) is 33.2 Å². The first-order chi connectivity index (χ1) is 13.5. The lowest BCUT2D eigenvalue weighted by atomic mass is 10.0. The lowest BCUT2D eigenvalue weighted by Gasteiger charge is -2.19. The Kier molecular flexibility index (Phi) is 6.87. The molecule has 0 fully saturated rings. The maximum Gasteiger partial charge on any atom is 0.245 e. The summed E-state index contributed by atoms with van der Waals surface area (Å²) >= 11 is 5.76. The second-order valence-corrected chi connectivity index (χ2v) is 8.42. The van der Waals surface area contributed by atoms with E-state index in [0.29, 0.717) is 28.7 Å². The van der Waals surface area contributed by atoms with E-state index in [1.807, 2.05) is 32.0 Å². The number of nitrogens with one attached hydrogen (secondary N) is 1. The summed E-state index contributed by atoms with van der Waals surface area (Å²) in [5, 5.41) is 19.9. The maximum absolute atomic E-state index is 12.5. The van der Waals surface area contributed by atoms with Gasteiger partial charge < -0.3 is 15.2 Å². The van der Waals surface area contributed by atoms with Gasteiger partial charge in [0.2, 0.25) is 5.91 Å². The van der Waals surface area contributed by atoms with Gasteiger partial charge in [0.25, 0.3) is 0 Å². The largest absolute Gasteiger partial charge is 0.487 e. The summed E-state index contributed by atoms with van der Waals surface area (Å²) in [6.45, 7) is 4.62. The molecule has 0 saturated heterocycles.